The van der Waals surface area contributed by atoms with Crippen LogP contribution in [0.15, 0.2) is 0 Å². The highest BCUT2D eigenvalue weighted by molar-refractivity contribution is 7.15. The number of thiazole rings is 1. The van der Waals surface area contributed by atoms with Gasteiger partial charge in [0.1, 0.15) is 0 Å². The van der Waals surface area contributed by atoms with Crippen LogP contribution in [-0.4, -0.2) is 24.6 Å². The lowest BCUT2D eigenvalue weighted by Crippen LogP contribution is -2.42. The number of nitrogens with one attached hydrogen (secondary N) is 1. The van der Waals surface area contributed by atoms with Crippen LogP contribution in [-0.2, 0) is 0 Å². The Morgan fingerprint density at radius 1 is 1.32 bits per heavy atom. The number of fused-ring (bicyclic) bond motifs is 1. The second kappa shape index (κ2) is 5.41. The van der Waals surface area contributed by atoms with Gasteiger partial charge in [-0.15, -0.1) is 11.3 Å². The van der Waals surface area contributed by atoms with E-state index in [1.807, 2.05) is 18.4 Å². The highest BCUT2D eigenvalue weighted by atomic mass is 32.1. The minimum Gasteiger partial charge on any atom is -0.345 e. The van der Waals surface area contributed by atoms with E-state index in [-0.39, 0.29) is 0 Å². The quantitative estimate of drug-likeness (QED) is 0.918. The molecular weight excluding hydrogens is 254 g/mol. The van der Waals surface area contributed by atoms with E-state index in [9.17, 15) is 0 Å². The molecule has 3 unspecified atom stereocenters. The third kappa shape index (κ3) is 2.40. The molecule has 3 nitrogen and oxygen atoms in total. The highest BCUT2D eigenvalue weighted by Crippen LogP contribution is 2.41. The standard InChI is InChI=1S/C15H25N3S/c1-10(16-3)14-11(2)17-15(19-14)18-9-5-7-12-6-4-8-13(12)18/h10,12-13,16H,4-9H2,1-3H3. The predicted octanol–water partition coefficient (Wildman–Crippen LogP) is 3.50. The molecule has 19 heavy (non-hydrogen) atoms. The predicted molar refractivity (Wildman–Crippen MR) is 82.0 cm³/mol. The zero-order valence-corrected chi connectivity index (χ0v) is 13.1. The zero-order valence-electron chi connectivity index (χ0n) is 12.3. The van der Waals surface area contributed by atoms with Crippen molar-refractivity contribution < 1.29 is 0 Å². The lowest BCUT2D eigenvalue weighted by Gasteiger charge is -2.37. The van der Waals surface area contributed by atoms with Crippen LogP contribution in [0.2, 0.25) is 0 Å². The Hall–Kier alpha value is -0.610. The lowest BCUT2D eigenvalue weighted by molar-refractivity contribution is 0.362. The summed E-state index contributed by atoms with van der Waals surface area (Å²) in [4.78, 5) is 8.88. The fourth-order valence-electron chi connectivity index (χ4n) is 3.74. The van der Waals surface area contributed by atoms with Crippen LogP contribution in [0.1, 0.15) is 55.6 Å². The Labute approximate surface area is 120 Å². The maximum absolute atomic E-state index is 4.87. The second-order valence-electron chi connectivity index (χ2n) is 6.05. The highest BCUT2D eigenvalue weighted by Gasteiger charge is 2.36. The van der Waals surface area contributed by atoms with Crippen molar-refractivity contribution in [1.82, 2.24) is 10.3 Å². The molecule has 1 aromatic heterocycles. The number of piperidine rings is 1. The summed E-state index contributed by atoms with van der Waals surface area (Å²) in [6.07, 6.45) is 7.00. The van der Waals surface area contributed by atoms with Crippen molar-refractivity contribution in [2.75, 3.05) is 18.5 Å². The van der Waals surface area contributed by atoms with Crippen molar-refractivity contribution >= 4 is 16.5 Å². The number of aromatic nitrogens is 1. The van der Waals surface area contributed by atoms with Gasteiger partial charge in [-0.1, -0.05) is 6.42 Å². The van der Waals surface area contributed by atoms with Gasteiger partial charge in [0.2, 0.25) is 0 Å². The van der Waals surface area contributed by atoms with E-state index in [4.69, 9.17) is 4.98 Å². The van der Waals surface area contributed by atoms with E-state index in [2.05, 4.69) is 24.1 Å². The van der Waals surface area contributed by atoms with E-state index in [0.717, 1.165) is 12.0 Å². The van der Waals surface area contributed by atoms with Gasteiger partial charge in [-0.05, 0) is 52.5 Å². The smallest absolute Gasteiger partial charge is 0.186 e. The average molecular weight is 279 g/mol. The number of hydrogen-bond acceptors (Lipinski definition) is 4. The number of aryl methyl sites for hydroxylation is 1. The molecule has 0 bridgehead atoms. The Morgan fingerprint density at radius 2 is 2.11 bits per heavy atom. The van der Waals surface area contributed by atoms with Gasteiger partial charge in [-0.2, -0.15) is 0 Å². The van der Waals surface area contributed by atoms with E-state index in [1.165, 1.54) is 54.4 Å². The normalized spacial score (nSPS) is 28.5. The summed E-state index contributed by atoms with van der Waals surface area (Å²) in [5.74, 6) is 0.933. The van der Waals surface area contributed by atoms with E-state index in [0.29, 0.717) is 6.04 Å². The van der Waals surface area contributed by atoms with Crippen molar-refractivity contribution in [1.29, 1.82) is 0 Å². The first-order valence-corrected chi connectivity index (χ1v) is 8.43. The van der Waals surface area contributed by atoms with E-state index >= 15 is 0 Å². The molecule has 1 aromatic rings. The summed E-state index contributed by atoms with van der Waals surface area (Å²) in [5.41, 5.74) is 1.21. The topological polar surface area (TPSA) is 28.2 Å². The molecule has 1 aliphatic carbocycles. The molecule has 1 saturated heterocycles. The molecule has 3 atom stereocenters. The molecule has 0 aromatic carbocycles. The summed E-state index contributed by atoms with van der Waals surface area (Å²) in [6, 6.07) is 1.19. The Kier molecular flexibility index (Phi) is 3.81. The summed E-state index contributed by atoms with van der Waals surface area (Å²) in [7, 11) is 2.03. The molecule has 1 aliphatic heterocycles. The fraction of sp³-hybridized carbons (Fsp3) is 0.800. The largest absolute Gasteiger partial charge is 0.345 e. The van der Waals surface area contributed by atoms with Crippen molar-refractivity contribution in [3.63, 3.8) is 0 Å². The van der Waals surface area contributed by atoms with Crippen LogP contribution >= 0.6 is 11.3 Å². The van der Waals surface area contributed by atoms with E-state index < -0.39 is 0 Å². The molecule has 2 aliphatic rings. The molecule has 2 fully saturated rings. The van der Waals surface area contributed by atoms with Gasteiger partial charge in [0.05, 0.1) is 5.69 Å². The molecule has 1 saturated carbocycles. The van der Waals surface area contributed by atoms with Crippen LogP contribution < -0.4 is 10.2 Å². The minimum atomic E-state index is 0.412. The first-order valence-electron chi connectivity index (χ1n) is 7.62. The number of nitrogens with zero attached hydrogens (tertiary/aromatic N) is 2. The summed E-state index contributed by atoms with van der Waals surface area (Å²) >= 11 is 1.90. The molecule has 106 valence electrons. The molecule has 2 heterocycles. The molecule has 0 amide bonds. The molecule has 0 radical (unpaired) electrons. The average Bonchev–Trinajstić information content (AvgIpc) is 3.03. The van der Waals surface area contributed by atoms with Gasteiger partial charge >= 0.3 is 0 Å². The van der Waals surface area contributed by atoms with Crippen LogP contribution in [0.5, 0.6) is 0 Å². The van der Waals surface area contributed by atoms with E-state index in [1.54, 1.807) is 0 Å². The first-order chi connectivity index (χ1) is 9.20. The third-order valence-electron chi connectivity index (χ3n) is 4.89. The van der Waals surface area contributed by atoms with Crippen LogP contribution in [0.25, 0.3) is 0 Å². The zero-order chi connectivity index (χ0) is 13.4. The van der Waals surface area contributed by atoms with Gasteiger partial charge in [0.15, 0.2) is 5.13 Å². The third-order valence-corrected chi connectivity index (χ3v) is 6.26. The SMILES string of the molecule is CNC(C)c1sc(N2CCCC3CCCC32)nc1C. The summed E-state index contributed by atoms with van der Waals surface area (Å²) in [5, 5.41) is 4.61. The van der Waals surface area contributed by atoms with Gasteiger partial charge < -0.3 is 10.2 Å². The number of anilines is 1. The molecule has 1 N–H and O–H groups in total. The van der Waals surface area contributed by atoms with Gasteiger partial charge in [0, 0.05) is 23.5 Å². The van der Waals surface area contributed by atoms with Crippen LogP contribution in [0.4, 0.5) is 5.13 Å². The Balaban J connectivity index is 1.85. The van der Waals surface area contributed by atoms with Crippen molar-refractivity contribution in [2.24, 2.45) is 5.92 Å². The lowest BCUT2D eigenvalue weighted by atomic mass is 9.92. The van der Waals surface area contributed by atoms with Crippen molar-refractivity contribution in [3.05, 3.63) is 10.6 Å². The van der Waals surface area contributed by atoms with Gasteiger partial charge in [0.25, 0.3) is 0 Å². The minimum absolute atomic E-state index is 0.412. The Bertz CT molecular complexity index is 443. The first kappa shape index (κ1) is 13.4. The number of hydrogen-bond donors (Lipinski definition) is 1. The van der Waals surface area contributed by atoms with Gasteiger partial charge in [-0.25, -0.2) is 4.98 Å². The second-order valence-corrected chi connectivity index (χ2v) is 7.06. The van der Waals surface area contributed by atoms with Crippen LogP contribution in [0, 0.1) is 12.8 Å². The summed E-state index contributed by atoms with van der Waals surface area (Å²) in [6.45, 7) is 5.58. The van der Waals surface area contributed by atoms with Gasteiger partial charge in [-0.3, -0.25) is 0 Å². The molecular formula is C15H25N3S. The number of rotatable bonds is 3. The van der Waals surface area contributed by atoms with Crippen molar-refractivity contribution in [3.8, 4) is 0 Å². The monoisotopic (exact) mass is 279 g/mol. The molecule has 4 heteroatoms. The van der Waals surface area contributed by atoms with Crippen molar-refractivity contribution in [2.45, 2.75) is 58.0 Å². The maximum Gasteiger partial charge on any atom is 0.186 e. The molecule has 3 rings (SSSR count). The maximum atomic E-state index is 4.87. The van der Waals surface area contributed by atoms with Crippen LogP contribution in [0.3, 0.4) is 0 Å². The Morgan fingerprint density at radius 3 is 2.89 bits per heavy atom. The molecule has 0 spiro atoms. The summed E-state index contributed by atoms with van der Waals surface area (Å²) < 4.78 is 0. The fourth-order valence-corrected chi connectivity index (χ4v) is 4.95.